The first-order chi connectivity index (χ1) is 36.2. The third kappa shape index (κ3) is 8.71. The van der Waals surface area contributed by atoms with Crippen molar-refractivity contribution < 1.29 is 24.5 Å². The molecule has 0 radical (unpaired) electrons. The molecular formula is C67H40IrN5O. The Hall–Kier alpha value is -9.26. The molecule has 0 aliphatic heterocycles. The molecule has 8 aromatic carbocycles. The summed E-state index contributed by atoms with van der Waals surface area (Å²) in [4.78, 5) is 23.6. The van der Waals surface area contributed by atoms with E-state index < -0.39 is 0 Å². The SMILES string of the molecule is [Ir+3].[c-]1cc(-c2ccccc2-c2cc(-c3ccccc3-c3c[c-]c(-c4ccccn4)cc3)cc(-c3ccccc3-c3c[c-]c(-c4ccccn4)cc3-c3ncnc4c3oc3ccccc34)c2)ccc1-c1ccccn1. The summed E-state index contributed by atoms with van der Waals surface area (Å²) in [5, 5.41) is 0.935. The first-order valence-corrected chi connectivity index (χ1v) is 24.1. The standard InChI is InChI=1S/C67H40N5O.Ir/c1-3-17-54(52(15-1)44-26-30-46(31-27-44)61-22-9-12-36-68-61)49-39-50(55-18-4-2-16-53(55)45-28-32-47(33-29-45)62-23-10-13-37-69-62)41-51(40-49)56-19-5-6-20-57(56)58-35-34-48(63-24-11-14-38-70-63)42-60(58)66-67-65(71-43-72-66)59-21-7-8-25-64(59)73-67;/h1-30,32,35-43H;/q-3;+3. The fourth-order valence-electron chi connectivity index (χ4n) is 9.88. The van der Waals surface area contributed by atoms with E-state index >= 15 is 0 Å². The normalized spacial score (nSPS) is 11.1. The number of rotatable bonds is 10. The van der Waals surface area contributed by atoms with Crippen LogP contribution in [0.15, 0.2) is 248 Å². The number of pyridine rings is 3. The van der Waals surface area contributed by atoms with Crippen LogP contribution in [0.5, 0.6) is 0 Å². The molecule has 0 saturated heterocycles. The van der Waals surface area contributed by atoms with Crippen molar-refractivity contribution >= 4 is 22.1 Å². The smallest absolute Gasteiger partial charge is 0.452 e. The van der Waals surface area contributed by atoms with Gasteiger partial charge in [-0.2, -0.15) is 0 Å². The summed E-state index contributed by atoms with van der Waals surface area (Å²) < 4.78 is 6.61. The molecule has 5 aromatic heterocycles. The number of fused-ring (bicyclic) bond motifs is 3. The molecule has 348 valence electrons. The maximum atomic E-state index is 6.61. The van der Waals surface area contributed by atoms with Crippen molar-refractivity contribution in [2.24, 2.45) is 0 Å². The third-order valence-electron chi connectivity index (χ3n) is 13.4. The Morgan fingerprint density at radius 1 is 0.324 bits per heavy atom. The first-order valence-electron chi connectivity index (χ1n) is 24.1. The third-order valence-corrected chi connectivity index (χ3v) is 13.4. The fraction of sp³-hybridized carbons (Fsp3) is 0. The van der Waals surface area contributed by atoms with Crippen molar-refractivity contribution in [1.82, 2.24) is 24.9 Å². The number of aromatic nitrogens is 5. The second-order valence-corrected chi connectivity index (χ2v) is 17.7. The van der Waals surface area contributed by atoms with E-state index in [2.05, 4.69) is 168 Å². The average Bonchev–Trinajstić information content (AvgIpc) is 3.87. The van der Waals surface area contributed by atoms with Gasteiger partial charge in [-0.3, -0.25) is 0 Å². The Bertz CT molecular complexity index is 3980. The van der Waals surface area contributed by atoms with E-state index in [9.17, 15) is 0 Å². The quantitative estimate of drug-likeness (QED) is 0.127. The van der Waals surface area contributed by atoms with Crippen LogP contribution in [0, 0.1) is 18.2 Å². The van der Waals surface area contributed by atoms with E-state index in [0.29, 0.717) is 11.3 Å². The zero-order chi connectivity index (χ0) is 48.5. The predicted molar refractivity (Wildman–Crippen MR) is 294 cm³/mol. The van der Waals surface area contributed by atoms with Gasteiger partial charge < -0.3 is 19.4 Å². The molecule has 0 aliphatic rings. The number of para-hydroxylation sites is 1. The molecule has 0 unspecified atom stereocenters. The number of hydrogen-bond acceptors (Lipinski definition) is 6. The molecule has 0 fully saturated rings. The van der Waals surface area contributed by atoms with E-state index in [1.54, 1.807) is 12.5 Å². The zero-order valence-corrected chi connectivity index (χ0v) is 42.0. The summed E-state index contributed by atoms with van der Waals surface area (Å²) >= 11 is 0. The van der Waals surface area contributed by atoms with Crippen LogP contribution in [-0.4, -0.2) is 24.9 Å². The minimum atomic E-state index is 0. The van der Waals surface area contributed by atoms with Crippen LogP contribution in [0.3, 0.4) is 0 Å². The molecule has 0 amide bonds. The topological polar surface area (TPSA) is 77.6 Å². The first kappa shape index (κ1) is 45.9. The summed E-state index contributed by atoms with van der Waals surface area (Å²) in [5.74, 6) is 0. The van der Waals surface area contributed by atoms with Gasteiger partial charge >= 0.3 is 20.1 Å². The molecule has 74 heavy (non-hydrogen) atoms. The number of furan rings is 1. The molecule has 0 aliphatic carbocycles. The summed E-state index contributed by atoms with van der Waals surface area (Å²) in [6, 6.07) is 86.2. The van der Waals surface area contributed by atoms with Crippen LogP contribution in [0.25, 0.3) is 134 Å². The van der Waals surface area contributed by atoms with Gasteiger partial charge in [-0.15, -0.1) is 83.4 Å². The van der Waals surface area contributed by atoms with Gasteiger partial charge in [0.15, 0.2) is 5.58 Å². The number of benzene rings is 8. The van der Waals surface area contributed by atoms with Crippen molar-refractivity contribution in [3.05, 3.63) is 262 Å². The monoisotopic (exact) mass is 1120 g/mol. The van der Waals surface area contributed by atoms with Gasteiger partial charge in [-0.05, 0) is 99.0 Å². The molecule has 13 rings (SSSR count). The Morgan fingerprint density at radius 2 is 0.770 bits per heavy atom. The molecule has 6 nitrogen and oxygen atoms in total. The van der Waals surface area contributed by atoms with E-state index in [1.165, 1.54) is 0 Å². The second kappa shape index (κ2) is 20.1. The summed E-state index contributed by atoms with van der Waals surface area (Å²) in [5.41, 5.74) is 21.6. The van der Waals surface area contributed by atoms with Gasteiger partial charge in [0.05, 0.1) is 5.69 Å². The van der Waals surface area contributed by atoms with Crippen molar-refractivity contribution in [3.63, 3.8) is 0 Å². The van der Waals surface area contributed by atoms with E-state index in [-0.39, 0.29) is 20.1 Å². The summed E-state index contributed by atoms with van der Waals surface area (Å²) in [6.07, 6.45) is 7.06. The van der Waals surface area contributed by atoms with Crippen molar-refractivity contribution in [2.75, 3.05) is 0 Å². The predicted octanol–water partition coefficient (Wildman–Crippen LogP) is 16.6. The van der Waals surface area contributed by atoms with Gasteiger partial charge in [0, 0.05) is 24.0 Å². The van der Waals surface area contributed by atoms with Gasteiger partial charge in [-0.1, -0.05) is 160 Å². The van der Waals surface area contributed by atoms with Crippen LogP contribution in [0.1, 0.15) is 0 Å². The number of hydrogen-bond donors (Lipinski definition) is 0. The molecule has 0 spiro atoms. The fourth-order valence-corrected chi connectivity index (χ4v) is 9.88. The van der Waals surface area contributed by atoms with Crippen LogP contribution in [0.2, 0.25) is 0 Å². The van der Waals surface area contributed by atoms with Gasteiger partial charge in [0.2, 0.25) is 0 Å². The van der Waals surface area contributed by atoms with Crippen molar-refractivity contribution in [1.29, 1.82) is 0 Å². The average molecular weight is 1120 g/mol. The Labute approximate surface area is 442 Å². The molecular weight excluding hydrogens is 1080 g/mol. The zero-order valence-electron chi connectivity index (χ0n) is 39.6. The summed E-state index contributed by atoms with van der Waals surface area (Å²) in [6.45, 7) is 0. The van der Waals surface area contributed by atoms with E-state index in [4.69, 9.17) is 19.4 Å². The molecule has 0 N–H and O–H groups in total. The van der Waals surface area contributed by atoms with Crippen molar-refractivity contribution in [2.45, 2.75) is 0 Å². The number of nitrogens with zero attached hydrogens (tertiary/aromatic N) is 5. The molecule has 0 saturated carbocycles. The van der Waals surface area contributed by atoms with Crippen molar-refractivity contribution in [3.8, 4) is 112 Å². The minimum Gasteiger partial charge on any atom is -0.452 e. The molecule has 7 heteroatoms. The van der Waals surface area contributed by atoms with Gasteiger partial charge in [0.25, 0.3) is 0 Å². The van der Waals surface area contributed by atoms with E-state index in [1.807, 2.05) is 91.3 Å². The molecule has 0 bridgehead atoms. The van der Waals surface area contributed by atoms with Crippen LogP contribution < -0.4 is 0 Å². The van der Waals surface area contributed by atoms with Gasteiger partial charge in [0.1, 0.15) is 17.4 Å². The minimum absolute atomic E-state index is 0. The summed E-state index contributed by atoms with van der Waals surface area (Å²) in [7, 11) is 0. The Kier molecular flexibility index (Phi) is 12.5. The molecule has 5 heterocycles. The Balaban J connectivity index is 0.00000556. The maximum Gasteiger partial charge on any atom is 3.00 e. The maximum absolute atomic E-state index is 6.61. The Morgan fingerprint density at radius 3 is 1.27 bits per heavy atom. The van der Waals surface area contributed by atoms with Crippen LogP contribution >= 0.6 is 0 Å². The van der Waals surface area contributed by atoms with Gasteiger partial charge in [-0.25, -0.2) is 9.97 Å². The van der Waals surface area contributed by atoms with Crippen LogP contribution in [-0.2, 0) is 20.1 Å². The molecule has 0 atom stereocenters. The van der Waals surface area contributed by atoms with E-state index in [0.717, 1.165) is 123 Å². The second-order valence-electron chi connectivity index (χ2n) is 17.7. The molecule has 13 aromatic rings. The van der Waals surface area contributed by atoms with Crippen LogP contribution in [0.4, 0.5) is 0 Å². The largest absolute Gasteiger partial charge is 3.00 e.